The molecule has 1 aliphatic carbocycles. The van der Waals surface area contributed by atoms with Crippen molar-refractivity contribution in [3.05, 3.63) is 12.2 Å². The predicted molar refractivity (Wildman–Crippen MR) is 60.7 cm³/mol. The molecule has 1 fully saturated rings. The average Bonchev–Trinajstić information content (AvgIpc) is 2.65. The molecule has 3 nitrogen and oxygen atoms in total. The monoisotopic (exact) mass is 228 g/mol. The highest BCUT2D eigenvalue weighted by molar-refractivity contribution is 8.14. The van der Waals surface area contributed by atoms with Crippen molar-refractivity contribution in [2.24, 2.45) is 17.3 Å². The van der Waals surface area contributed by atoms with Crippen LogP contribution in [-0.4, -0.2) is 21.9 Å². The van der Waals surface area contributed by atoms with E-state index in [1.807, 2.05) is 20.8 Å². The first-order valence-electron chi connectivity index (χ1n) is 4.99. The summed E-state index contributed by atoms with van der Waals surface area (Å²) < 4.78 is 0. The molecule has 2 atom stereocenters. The quantitative estimate of drug-likeness (QED) is 0.749. The minimum atomic E-state index is -0.773. The molecule has 0 amide bonds. The van der Waals surface area contributed by atoms with E-state index >= 15 is 0 Å². The number of aliphatic carboxylic acids is 1. The molecular weight excluding hydrogens is 212 g/mol. The van der Waals surface area contributed by atoms with Gasteiger partial charge in [-0.2, -0.15) is 0 Å². The number of hydrogen-bond acceptors (Lipinski definition) is 3. The molecule has 1 N–H and O–H groups in total. The Balaban J connectivity index is 2.55. The van der Waals surface area contributed by atoms with Crippen molar-refractivity contribution in [2.45, 2.75) is 20.8 Å². The van der Waals surface area contributed by atoms with Crippen LogP contribution in [-0.2, 0) is 9.59 Å². The lowest BCUT2D eigenvalue weighted by molar-refractivity contribution is -0.139. The van der Waals surface area contributed by atoms with Gasteiger partial charge in [0.2, 0.25) is 5.12 Å². The van der Waals surface area contributed by atoms with Crippen LogP contribution in [0.15, 0.2) is 12.2 Å². The molecule has 0 saturated heterocycles. The minimum Gasteiger partial charge on any atom is -0.481 e. The van der Waals surface area contributed by atoms with Crippen molar-refractivity contribution in [2.75, 3.05) is 5.75 Å². The number of carboxylic acid groups (broad SMARTS) is 1. The van der Waals surface area contributed by atoms with Crippen LogP contribution in [0.4, 0.5) is 0 Å². The Morgan fingerprint density at radius 2 is 2.07 bits per heavy atom. The van der Waals surface area contributed by atoms with Gasteiger partial charge in [-0.3, -0.25) is 9.59 Å². The smallest absolute Gasteiger partial charge is 0.307 e. The third-order valence-electron chi connectivity index (χ3n) is 2.90. The Hall–Kier alpha value is -0.770. The van der Waals surface area contributed by atoms with Crippen LogP contribution in [0.5, 0.6) is 0 Å². The van der Waals surface area contributed by atoms with E-state index in [0.29, 0.717) is 0 Å². The summed E-state index contributed by atoms with van der Waals surface area (Å²) in [6.07, 6.45) is 3.24. The van der Waals surface area contributed by atoms with E-state index in [1.165, 1.54) is 17.8 Å². The average molecular weight is 228 g/mol. The van der Waals surface area contributed by atoms with Gasteiger partial charge in [0.25, 0.3) is 0 Å². The van der Waals surface area contributed by atoms with Gasteiger partial charge in [-0.1, -0.05) is 38.6 Å². The Morgan fingerprint density at radius 1 is 1.47 bits per heavy atom. The number of carbonyl (C=O) groups excluding carboxylic acids is 1. The van der Waals surface area contributed by atoms with Gasteiger partial charge >= 0.3 is 5.97 Å². The van der Waals surface area contributed by atoms with Gasteiger partial charge in [-0.05, 0) is 23.2 Å². The highest BCUT2D eigenvalue weighted by Crippen LogP contribution is 2.59. The standard InChI is InChI=1S/C11H16O3S/c1-4-15-8(12)6-5-7-9(10(13)14)11(7,2)3/h5-7,9H,4H2,1-3H3,(H,13,14)/b6-5+. The fourth-order valence-electron chi connectivity index (χ4n) is 1.88. The lowest BCUT2D eigenvalue weighted by Crippen LogP contribution is -2.03. The number of allylic oxidation sites excluding steroid dienone is 1. The van der Waals surface area contributed by atoms with E-state index in [9.17, 15) is 9.59 Å². The molecule has 0 spiro atoms. The van der Waals surface area contributed by atoms with E-state index in [1.54, 1.807) is 6.08 Å². The molecule has 84 valence electrons. The minimum absolute atomic E-state index is 0.00333. The van der Waals surface area contributed by atoms with E-state index in [0.717, 1.165) is 5.75 Å². The van der Waals surface area contributed by atoms with Crippen molar-refractivity contribution < 1.29 is 14.7 Å². The van der Waals surface area contributed by atoms with Crippen molar-refractivity contribution in [1.82, 2.24) is 0 Å². The van der Waals surface area contributed by atoms with Crippen LogP contribution < -0.4 is 0 Å². The summed E-state index contributed by atoms with van der Waals surface area (Å²) in [6.45, 7) is 5.74. The molecule has 2 unspecified atom stereocenters. The number of carboxylic acids is 1. The summed E-state index contributed by atoms with van der Waals surface area (Å²) >= 11 is 1.24. The number of rotatable bonds is 4. The fourth-order valence-corrected chi connectivity index (χ4v) is 2.34. The Bertz CT molecular complexity index is 307. The Labute approximate surface area is 93.9 Å². The molecule has 1 rings (SSSR count). The van der Waals surface area contributed by atoms with Crippen molar-refractivity contribution >= 4 is 22.8 Å². The summed E-state index contributed by atoms with van der Waals surface area (Å²) in [6, 6.07) is 0. The van der Waals surface area contributed by atoms with E-state index in [2.05, 4.69) is 0 Å². The highest BCUT2D eigenvalue weighted by Gasteiger charge is 2.60. The van der Waals surface area contributed by atoms with Gasteiger partial charge in [0.15, 0.2) is 0 Å². The zero-order chi connectivity index (χ0) is 11.6. The van der Waals surface area contributed by atoms with Crippen molar-refractivity contribution in [3.8, 4) is 0 Å². The molecule has 0 heterocycles. The molecule has 0 radical (unpaired) electrons. The van der Waals surface area contributed by atoms with Gasteiger partial charge in [0.1, 0.15) is 0 Å². The maximum atomic E-state index is 11.2. The lowest BCUT2D eigenvalue weighted by atomic mass is 10.1. The van der Waals surface area contributed by atoms with Gasteiger partial charge in [-0.15, -0.1) is 0 Å². The summed E-state index contributed by atoms with van der Waals surface area (Å²) in [5, 5.41) is 8.91. The number of hydrogen-bond donors (Lipinski definition) is 1. The first-order chi connectivity index (χ1) is 6.91. The molecule has 15 heavy (non-hydrogen) atoms. The third-order valence-corrected chi connectivity index (χ3v) is 3.61. The van der Waals surface area contributed by atoms with Crippen LogP contribution in [0.2, 0.25) is 0 Å². The second-order valence-corrected chi connectivity index (χ2v) is 5.54. The summed E-state index contributed by atoms with van der Waals surface area (Å²) in [7, 11) is 0. The summed E-state index contributed by atoms with van der Waals surface area (Å²) in [4.78, 5) is 22.0. The van der Waals surface area contributed by atoms with Crippen LogP contribution in [0.1, 0.15) is 20.8 Å². The Morgan fingerprint density at radius 3 is 2.47 bits per heavy atom. The van der Waals surface area contributed by atoms with E-state index < -0.39 is 5.97 Å². The second-order valence-electron chi connectivity index (χ2n) is 4.27. The number of carbonyl (C=O) groups is 2. The van der Waals surface area contributed by atoms with Crippen LogP contribution in [0.25, 0.3) is 0 Å². The summed E-state index contributed by atoms with van der Waals surface area (Å²) in [5.74, 6) is -0.366. The van der Waals surface area contributed by atoms with Crippen LogP contribution >= 0.6 is 11.8 Å². The van der Waals surface area contributed by atoms with Crippen LogP contribution in [0, 0.1) is 17.3 Å². The predicted octanol–water partition coefficient (Wildman–Crippen LogP) is 2.18. The topological polar surface area (TPSA) is 54.4 Å². The van der Waals surface area contributed by atoms with Crippen molar-refractivity contribution in [3.63, 3.8) is 0 Å². The molecular formula is C11H16O3S. The van der Waals surface area contributed by atoms with E-state index in [-0.39, 0.29) is 22.4 Å². The second kappa shape index (κ2) is 4.39. The molecule has 1 saturated carbocycles. The molecule has 0 aliphatic heterocycles. The molecule has 0 aromatic carbocycles. The first-order valence-corrected chi connectivity index (χ1v) is 5.97. The number of thioether (sulfide) groups is 1. The van der Waals surface area contributed by atoms with Gasteiger partial charge in [0.05, 0.1) is 5.92 Å². The zero-order valence-electron chi connectivity index (χ0n) is 9.19. The molecule has 0 aromatic heterocycles. The molecule has 0 bridgehead atoms. The Kier molecular flexibility index (Phi) is 3.60. The largest absolute Gasteiger partial charge is 0.481 e. The fraction of sp³-hybridized carbons (Fsp3) is 0.636. The lowest BCUT2D eigenvalue weighted by Gasteiger charge is -1.96. The zero-order valence-corrected chi connectivity index (χ0v) is 10.0. The van der Waals surface area contributed by atoms with Gasteiger partial charge in [-0.25, -0.2) is 0 Å². The van der Waals surface area contributed by atoms with Gasteiger partial charge < -0.3 is 5.11 Å². The molecule has 1 aliphatic rings. The van der Waals surface area contributed by atoms with Gasteiger partial charge in [0, 0.05) is 0 Å². The van der Waals surface area contributed by atoms with Crippen molar-refractivity contribution in [1.29, 1.82) is 0 Å². The summed E-state index contributed by atoms with van der Waals surface area (Å²) in [5.41, 5.74) is -0.209. The third kappa shape index (κ3) is 2.62. The van der Waals surface area contributed by atoms with Crippen LogP contribution in [0.3, 0.4) is 0 Å². The highest BCUT2D eigenvalue weighted by atomic mass is 32.2. The SMILES string of the molecule is CCSC(=O)/C=C/C1C(C(=O)O)C1(C)C. The maximum Gasteiger partial charge on any atom is 0.307 e. The molecule has 4 heteroatoms. The first kappa shape index (κ1) is 12.3. The maximum absolute atomic E-state index is 11.2. The van der Waals surface area contributed by atoms with E-state index in [4.69, 9.17) is 5.11 Å². The normalized spacial score (nSPS) is 27.9. The molecule has 0 aromatic rings.